The molecule has 1 aromatic carbocycles. The van der Waals surface area contributed by atoms with Crippen molar-refractivity contribution in [1.29, 1.82) is 0 Å². The van der Waals surface area contributed by atoms with Crippen molar-refractivity contribution < 1.29 is 8.42 Å². The van der Waals surface area contributed by atoms with Gasteiger partial charge in [-0.3, -0.25) is 0 Å². The lowest BCUT2D eigenvalue weighted by Gasteiger charge is -2.45. The van der Waals surface area contributed by atoms with Gasteiger partial charge in [-0.15, -0.1) is 0 Å². The van der Waals surface area contributed by atoms with Crippen molar-refractivity contribution in [3.63, 3.8) is 0 Å². The third-order valence-corrected chi connectivity index (χ3v) is 8.64. The third kappa shape index (κ3) is 3.44. The molecule has 1 saturated heterocycles. The average Bonchev–Trinajstić information content (AvgIpc) is 3.01. The lowest BCUT2D eigenvalue weighted by atomic mass is 9.67. The highest BCUT2D eigenvalue weighted by molar-refractivity contribution is 7.89. The molecular weight excluding hydrogens is 406 g/mol. The quantitative estimate of drug-likeness (QED) is 0.704. The fraction of sp³-hybridized carbons (Fsp3) is 0.320. The molecular formula is C25H27N3O2S. The number of sulfonamides is 1. The van der Waals surface area contributed by atoms with E-state index < -0.39 is 10.0 Å². The maximum Gasteiger partial charge on any atom is 0.243 e. The molecule has 0 bridgehead atoms. The molecule has 1 unspecified atom stereocenters. The zero-order chi connectivity index (χ0) is 21.5. The van der Waals surface area contributed by atoms with Gasteiger partial charge in [-0.2, -0.15) is 9.40 Å². The zero-order valence-electron chi connectivity index (χ0n) is 17.7. The fourth-order valence-electron chi connectivity index (χ4n) is 4.96. The molecule has 6 heteroatoms. The summed E-state index contributed by atoms with van der Waals surface area (Å²) in [5.74, 6) is 0. The zero-order valence-corrected chi connectivity index (χ0v) is 18.6. The number of hydrogen-bond donors (Lipinski definition) is 0. The molecule has 2 aromatic rings. The van der Waals surface area contributed by atoms with Gasteiger partial charge in [-0.05, 0) is 61.6 Å². The summed E-state index contributed by atoms with van der Waals surface area (Å²) in [4.78, 5) is 0.373. The summed E-state index contributed by atoms with van der Waals surface area (Å²) in [6.07, 6.45) is 18.2. The summed E-state index contributed by atoms with van der Waals surface area (Å²) >= 11 is 0. The van der Waals surface area contributed by atoms with Crippen molar-refractivity contribution in [2.75, 3.05) is 13.1 Å². The number of hydrogen-bond acceptors (Lipinski definition) is 3. The molecule has 31 heavy (non-hydrogen) atoms. The highest BCUT2D eigenvalue weighted by Gasteiger charge is 2.44. The van der Waals surface area contributed by atoms with E-state index in [9.17, 15) is 8.42 Å². The maximum atomic E-state index is 13.3. The Bertz CT molecular complexity index is 1220. The first-order valence-electron chi connectivity index (χ1n) is 10.9. The first kappa shape index (κ1) is 20.2. The average molecular weight is 434 g/mol. The van der Waals surface area contributed by atoms with Gasteiger partial charge >= 0.3 is 0 Å². The molecule has 0 radical (unpaired) electrons. The summed E-state index contributed by atoms with van der Waals surface area (Å²) in [6.45, 7) is 3.20. The number of benzene rings is 1. The minimum Gasteiger partial charge on any atom is -0.233 e. The van der Waals surface area contributed by atoms with Crippen LogP contribution in [0, 0.1) is 5.41 Å². The number of nitrogens with zero attached hydrogens (tertiary/aromatic N) is 3. The van der Waals surface area contributed by atoms with Crippen molar-refractivity contribution >= 4 is 21.8 Å². The van der Waals surface area contributed by atoms with Crippen LogP contribution in [0.15, 0.2) is 77.4 Å². The van der Waals surface area contributed by atoms with Crippen LogP contribution >= 0.6 is 0 Å². The lowest BCUT2D eigenvalue weighted by molar-refractivity contribution is 0.204. The Morgan fingerprint density at radius 1 is 1.16 bits per heavy atom. The molecule has 3 aliphatic rings. The second-order valence-corrected chi connectivity index (χ2v) is 10.4. The lowest BCUT2D eigenvalue weighted by Crippen LogP contribution is -2.49. The second-order valence-electron chi connectivity index (χ2n) is 8.51. The molecule has 0 N–H and O–H groups in total. The van der Waals surface area contributed by atoms with Crippen molar-refractivity contribution in [1.82, 2.24) is 14.1 Å². The molecule has 0 amide bonds. The van der Waals surface area contributed by atoms with Gasteiger partial charge in [-0.25, -0.2) is 13.1 Å². The molecule has 5 rings (SSSR count). The summed E-state index contributed by atoms with van der Waals surface area (Å²) < 4.78 is 30.2. The Hall–Kier alpha value is -2.70. The van der Waals surface area contributed by atoms with Gasteiger partial charge in [0.25, 0.3) is 0 Å². The van der Waals surface area contributed by atoms with E-state index >= 15 is 0 Å². The predicted octanol–water partition coefficient (Wildman–Crippen LogP) is 4.67. The molecule has 5 nitrogen and oxygen atoms in total. The molecule has 160 valence electrons. The minimum absolute atomic E-state index is 0.172. The van der Waals surface area contributed by atoms with E-state index in [0.29, 0.717) is 18.0 Å². The van der Waals surface area contributed by atoms with Gasteiger partial charge in [0.15, 0.2) is 0 Å². The van der Waals surface area contributed by atoms with E-state index in [-0.39, 0.29) is 5.41 Å². The number of aromatic nitrogens is 2. The van der Waals surface area contributed by atoms with Gasteiger partial charge in [-0.1, -0.05) is 48.9 Å². The number of piperidine rings is 1. The number of rotatable bonds is 4. The van der Waals surface area contributed by atoms with Crippen LogP contribution in [-0.4, -0.2) is 35.6 Å². The molecule has 1 atom stereocenters. The summed E-state index contributed by atoms with van der Waals surface area (Å²) in [5, 5.41) is 4.69. The molecule has 1 aliphatic heterocycles. The van der Waals surface area contributed by atoms with Gasteiger partial charge in [0.2, 0.25) is 10.0 Å². The highest BCUT2D eigenvalue weighted by Crippen LogP contribution is 2.47. The van der Waals surface area contributed by atoms with Crippen LogP contribution in [0.25, 0.3) is 11.8 Å². The Morgan fingerprint density at radius 3 is 2.81 bits per heavy atom. The van der Waals surface area contributed by atoms with E-state index in [4.69, 9.17) is 0 Å². The Labute approximate surface area is 184 Å². The Balaban J connectivity index is 1.49. The van der Waals surface area contributed by atoms with E-state index in [1.807, 2.05) is 16.9 Å². The van der Waals surface area contributed by atoms with Crippen LogP contribution in [0.1, 0.15) is 37.4 Å². The molecule has 0 spiro atoms. The highest BCUT2D eigenvalue weighted by atomic mass is 32.2. The SMILES string of the molecule is CCC12Cc3cnn(C4=CC=CCC=C4)c3C=C1CCN(S(=O)(=O)c1ccccc1)C2. The summed E-state index contributed by atoms with van der Waals surface area (Å²) in [6, 6.07) is 8.78. The number of fused-ring (bicyclic) bond motifs is 2. The van der Waals surface area contributed by atoms with Gasteiger partial charge < -0.3 is 0 Å². The Kier molecular flexibility index (Phi) is 5.07. The van der Waals surface area contributed by atoms with Crippen LogP contribution in [0.4, 0.5) is 0 Å². The van der Waals surface area contributed by atoms with E-state index in [1.165, 1.54) is 11.1 Å². The Morgan fingerprint density at radius 2 is 2.00 bits per heavy atom. The molecule has 0 saturated carbocycles. The van der Waals surface area contributed by atoms with Crippen LogP contribution in [0.5, 0.6) is 0 Å². The minimum atomic E-state index is -3.49. The summed E-state index contributed by atoms with van der Waals surface area (Å²) in [7, 11) is -3.49. The van der Waals surface area contributed by atoms with Crippen LogP contribution in [0.2, 0.25) is 0 Å². The van der Waals surface area contributed by atoms with Gasteiger partial charge in [0.05, 0.1) is 22.5 Å². The first-order chi connectivity index (χ1) is 15.0. The second kappa shape index (κ2) is 7.77. The predicted molar refractivity (Wildman–Crippen MR) is 124 cm³/mol. The van der Waals surface area contributed by atoms with E-state index in [1.54, 1.807) is 28.6 Å². The van der Waals surface area contributed by atoms with Gasteiger partial charge in [0, 0.05) is 18.5 Å². The summed E-state index contributed by atoms with van der Waals surface area (Å²) in [5.41, 5.74) is 4.54. The molecule has 1 aromatic heterocycles. The molecule has 1 fully saturated rings. The van der Waals surface area contributed by atoms with Gasteiger partial charge in [0.1, 0.15) is 0 Å². The van der Waals surface area contributed by atoms with Crippen molar-refractivity contribution in [2.24, 2.45) is 5.41 Å². The third-order valence-electron chi connectivity index (χ3n) is 6.78. The maximum absolute atomic E-state index is 13.3. The normalized spacial score (nSPS) is 23.5. The largest absolute Gasteiger partial charge is 0.243 e. The monoisotopic (exact) mass is 433 g/mol. The van der Waals surface area contributed by atoms with E-state index in [0.717, 1.165) is 37.1 Å². The van der Waals surface area contributed by atoms with E-state index in [2.05, 4.69) is 48.5 Å². The van der Waals surface area contributed by atoms with Crippen LogP contribution < -0.4 is 0 Å². The van der Waals surface area contributed by atoms with Crippen LogP contribution in [0.3, 0.4) is 0 Å². The van der Waals surface area contributed by atoms with Crippen molar-refractivity contribution in [2.45, 2.75) is 37.5 Å². The number of allylic oxidation sites excluding steroid dienone is 6. The van der Waals surface area contributed by atoms with Crippen molar-refractivity contribution in [3.8, 4) is 0 Å². The molecule has 2 aliphatic carbocycles. The fourth-order valence-corrected chi connectivity index (χ4v) is 6.51. The standard InChI is InChI=1S/C25H27N3O2S/c1-2-25-17-20-18-26-28(22-10-6-3-4-7-11-22)24(20)16-21(25)14-15-27(19-25)31(29,30)23-12-8-5-9-13-23/h3,5-13,16,18H,2,4,14-15,17,19H2,1H3. The first-order valence-corrected chi connectivity index (χ1v) is 12.3. The van der Waals surface area contributed by atoms with Crippen molar-refractivity contribution in [3.05, 3.63) is 83.7 Å². The van der Waals surface area contributed by atoms with Crippen LogP contribution in [-0.2, 0) is 16.4 Å². The molecule has 2 heterocycles. The topological polar surface area (TPSA) is 55.2 Å². The smallest absolute Gasteiger partial charge is 0.233 e.